The van der Waals surface area contributed by atoms with Crippen molar-refractivity contribution in [1.82, 2.24) is 10.6 Å². The molecular formula is C14H30N4O3. The van der Waals surface area contributed by atoms with Crippen LogP contribution in [0.2, 0.25) is 0 Å². The Bertz CT molecular complexity index is 316. The van der Waals surface area contributed by atoms with Gasteiger partial charge in [0.1, 0.15) is 11.6 Å². The van der Waals surface area contributed by atoms with Crippen molar-refractivity contribution >= 4 is 12.0 Å². The molecule has 1 atom stereocenters. The number of rotatable bonds is 9. The molecule has 0 heterocycles. The summed E-state index contributed by atoms with van der Waals surface area (Å²) in [6, 6.07) is -0.624. The van der Waals surface area contributed by atoms with Crippen LogP contribution in [0.15, 0.2) is 0 Å². The van der Waals surface area contributed by atoms with E-state index >= 15 is 0 Å². The monoisotopic (exact) mass is 302 g/mol. The molecule has 0 aliphatic rings. The second-order valence-electron chi connectivity index (χ2n) is 5.92. The molecule has 0 aliphatic carbocycles. The van der Waals surface area contributed by atoms with E-state index in [1.54, 1.807) is 20.8 Å². The fourth-order valence-corrected chi connectivity index (χ4v) is 1.64. The maximum atomic E-state index is 12.1. The lowest BCUT2D eigenvalue weighted by molar-refractivity contribution is -0.123. The highest BCUT2D eigenvalue weighted by molar-refractivity contribution is 5.85. The summed E-state index contributed by atoms with van der Waals surface area (Å²) in [4.78, 5) is 23.8. The van der Waals surface area contributed by atoms with Gasteiger partial charge in [0.05, 0.1) is 0 Å². The van der Waals surface area contributed by atoms with Crippen LogP contribution < -0.4 is 22.1 Å². The smallest absolute Gasteiger partial charge is 0.408 e. The zero-order valence-electron chi connectivity index (χ0n) is 13.4. The van der Waals surface area contributed by atoms with Crippen LogP contribution in [0, 0.1) is 0 Å². The first-order valence-corrected chi connectivity index (χ1v) is 7.47. The molecule has 0 spiro atoms. The fourth-order valence-electron chi connectivity index (χ4n) is 1.64. The Labute approximate surface area is 127 Å². The summed E-state index contributed by atoms with van der Waals surface area (Å²) in [6.45, 7) is 6.93. The van der Waals surface area contributed by atoms with Crippen molar-refractivity contribution in [1.29, 1.82) is 0 Å². The van der Waals surface area contributed by atoms with Crippen molar-refractivity contribution in [2.24, 2.45) is 11.5 Å². The second-order valence-corrected chi connectivity index (χ2v) is 5.92. The Balaban J connectivity index is 4.35. The minimum absolute atomic E-state index is 0.216. The Morgan fingerprint density at radius 3 is 2.24 bits per heavy atom. The highest BCUT2D eigenvalue weighted by Crippen LogP contribution is 2.07. The van der Waals surface area contributed by atoms with Gasteiger partial charge in [-0.1, -0.05) is 0 Å². The summed E-state index contributed by atoms with van der Waals surface area (Å²) in [6.07, 6.45) is 2.21. The maximum Gasteiger partial charge on any atom is 0.408 e. The van der Waals surface area contributed by atoms with E-state index in [-0.39, 0.29) is 5.91 Å². The molecule has 0 rings (SSSR count). The summed E-state index contributed by atoms with van der Waals surface area (Å²) in [5.74, 6) is -0.216. The van der Waals surface area contributed by atoms with Gasteiger partial charge in [-0.05, 0) is 59.5 Å². The molecule has 6 N–H and O–H groups in total. The quantitative estimate of drug-likeness (QED) is 0.462. The highest BCUT2D eigenvalue weighted by atomic mass is 16.6. The number of ether oxygens (including phenoxy) is 1. The molecule has 0 saturated carbocycles. The number of alkyl carbamates (subject to hydrolysis) is 1. The Hall–Kier alpha value is -1.34. The third kappa shape index (κ3) is 11.0. The first-order chi connectivity index (χ1) is 9.80. The van der Waals surface area contributed by atoms with Crippen LogP contribution in [0.5, 0.6) is 0 Å². The van der Waals surface area contributed by atoms with Crippen LogP contribution in [-0.2, 0) is 9.53 Å². The number of carbonyl (C=O) groups is 2. The van der Waals surface area contributed by atoms with E-state index in [9.17, 15) is 9.59 Å². The van der Waals surface area contributed by atoms with E-state index in [2.05, 4.69) is 10.6 Å². The standard InChI is InChI=1S/C14H30N4O3/c1-14(2,3)21-13(20)18-11(7-6-9-16)12(19)17-10-5-4-8-15/h11H,4-10,15-16H2,1-3H3,(H,17,19)(H,18,20). The predicted octanol–water partition coefficient (Wildman–Crippen LogP) is 0.474. The van der Waals surface area contributed by atoms with Crippen LogP contribution >= 0.6 is 0 Å². The van der Waals surface area contributed by atoms with E-state index in [4.69, 9.17) is 16.2 Å². The molecule has 0 aromatic rings. The van der Waals surface area contributed by atoms with Crippen LogP contribution in [0.4, 0.5) is 4.79 Å². The lowest BCUT2D eigenvalue weighted by Gasteiger charge is -2.23. The second kappa shape index (κ2) is 10.4. The lowest BCUT2D eigenvalue weighted by Crippen LogP contribution is -2.48. The fraction of sp³-hybridized carbons (Fsp3) is 0.857. The van der Waals surface area contributed by atoms with Crippen molar-refractivity contribution in [2.75, 3.05) is 19.6 Å². The number of hydrogen-bond acceptors (Lipinski definition) is 5. The summed E-state index contributed by atoms with van der Waals surface area (Å²) in [7, 11) is 0. The van der Waals surface area contributed by atoms with Crippen molar-refractivity contribution in [2.45, 2.75) is 58.1 Å². The van der Waals surface area contributed by atoms with Gasteiger partial charge >= 0.3 is 6.09 Å². The number of carbonyl (C=O) groups excluding carboxylic acids is 2. The summed E-state index contributed by atoms with van der Waals surface area (Å²) in [5.41, 5.74) is 10.3. The Morgan fingerprint density at radius 1 is 1.10 bits per heavy atom. The average molecular weight is 302 g/mol. The van der Waals surface area contributed by atoms with Crippen LogP contribution in [-0.4, -0.2) is 43.3 Å². The van der Waals surface area contributed by atoms with Gasteiger partial charge in [-0.15, -0.1) is 0 Å². The van der Waals surface area contributed by atoms with Crippen LogP contribution in [0.3, 0.4) is 0 Å². The number of amides is 2. The molecule has 0 aliphatic heterocycles. The molecule has 0 aromatic heterocycles. The van der Waals surface area contributed by atoms with Gasteiger partial charge in [0.2, 0.25) is 5.91 Å². The van der Waals surface area contributed by atoms with Crippen molar-refractivity contribution < 1.29 is 14.3 Å². The molecule has 21 heavy (non-hydrogen) atoms. The number of nitrogens with two attached hydrogens (primary N) is 2. The summed E-state index contributed by atoms with van der Waals surface area (Å²) < 4.78 is 5.16. The number of unbranched alkanes of at least 4 members (excludes halogenated alkanes) is 1. The highest BCUT2D eigenvalue weighted by Gasteiger charge is 2.23. The van der Waals surface area contributed by atoms with Crippen LogP contribution in [0.1, 0.15) is 46.5 Å². The molecule has 2 amide bonds. The van der Waals surface area contributed by atoms with Crippen molar-refractivity contribution in [3.63, 3.8) is 0 Å². The topological polar surface area (TPSA) is 119 Å². The predicted molar refractivity (Wildman–Crippen MR) is 82.7 cm³/mol. The average Bonchev–Trinajstić information content (AvgIpc) is 2.37. The van der Waals surface area contributed by atoms with E-state index in [1.807, 2.05) is 0 Å². The third-order valence-electron chi connectivity index (χ3n) is 2.63. The number of nitrogens with one attached hydrogen (secondary N) is 2. The van der Waals surface area contributed by atoms with Gasteiger partial charge in [-0.2, -0.15) is 0 Å². The van der Waals surface area contributed by atoms with Crippen molar-refractivity contribution in [3.05, 3.63) is 0 Å². The molecule has 0 radical (unpaired) electrons. The molecule has 7 heteroatoms. The summed E-state index contributed by atoms with van der Waals surface area (Å²) >= 11 is 0. The van der Waals surface area contributed by atoms with Gasteiger partial charge in [-0.25, -0.2) is 4.79 Å². The van der Waals surface area contributed by atoms with Gasteiger partial charge in [0, 0.05) is 6.54 Å². The van der Waals surface area contributed by atoms with E-state index < -0.39 is 17.7 Å². The summed E-state index contributed by atoms with van der Waals surface area (Å²) in [5, 5.41) is 5.38. The van der Waals surface area contributed by atoms with E-state index in [0.29, 0.717) is 32.5 Å². The van der Waals surface area contributed by atoms with Gasteiger partial charge in [0.25, 0.3) is 0 Å². The minimum atomic E-state index is -0.624. The molecule has 7 nitrogen and oxygen atoms in total. The Morgan fingerprint density at radius 2 is 1.71 bits per heavy atom. The zero-order valence-corrected chi connectivity index (χ0v) is 13.4. The molecule has 0 saturated heterocycles. The normalized spacial score (nSPS) is 12.6. The molecular weight excluding hydrogens is 272 g/mol. The Kier molecular flexibility index (Phi) is 9.73. The molecule has 0 fully saturated rings. The first kappa shape index (κ1) is 19.7. The minimum Gasteiger partial charge on any atom is -0.444 e. The third-order valence-corrected chi connectivity index (χ3v) is 2.63. The van der Waals surface area contributed by atoms with Crippen molar-refractivity contribution in [3.8, 4) is 0 Å². The van der Waals surface area contributed by atoms with E-state index in [0.717, 1.165) is 12.8 Å². The van der Waals surface area contributed by atoms with E-state index in [1.165, 1.54) is 0 Å². The first-order valence-electron chi connectivity index (χ1n) is 7.47. The number of hydrogen-bond donors (Lipinski definition) is 4. The SMILES string of the molecule is CC(C)(C)OC(=O)NC(CCCN)C(=O)NCCCCN. The zero-order chi connectivity index (χ0) is 16.3. The molecule has 0 aromatic carbocycles. The van der Waals surface area contributed by atoms with Gasteiger partial charge < -0.3 is 26.8 Å². The van der Waals surface area contributed by atoms with Crippen LogP contribution in [0.25, 0.3) is 0 Å². The van der Waals surface area contributed by atoms with Gasteiger partial charge in [-0.3, -0.25) is 4.79 Å². The largest absolute Gasteiger partial charge is 0.444 e. The molecule has 0 bridgehead atoms. The molecule has 124 valence electrons. The van der Waals surface area contributed by atoms with Gasteiger partial charge in [0.15, 0.2) is 0 Å². The lowest BCUT2D eigenvalue weighted by atomic mass is 10.1. The molecule has 1 unspecified atom stereocenters. The maximum absolute atomic E-state index is 12.1.